The van der Waals surface area contributed by atoms with Gasteiger partial charge < -0.3 is 19.8 Å². The number of halogens is 4. The van der Waals surface area contributed by atoms with E-state index >= 15 is 13.2 Å². The second kappa shape index (κ2) is 11.8. The molecule has 3 atom stereocenters. The fourth-order valence-electron chi connectivity index (χ4n) is 5.26. The van der Waals surface area contributed by atoms with Crippen LogP contribution in [0.2, 0.25) is 0 Å². The first-order valence-electron chi connectivity index (χ1n) is 12.7. The highest BCUT2D eigenvalue weighted by atomic mass is 19.1. The van der Waals surface area contributed by atoms with Crippen molar-refractivity contribution in [1.29, 1.82) is 0 Å². The molecule has 0 spiro atoms. The SMILES string of the molecule is COCC(C)(F)CN1C(c2c(F)cc(OCCNCCCF)cc2F)c2[nH]c3ccccc3c2C[C@H]1C. The molecule has 0 bridgehead atoms. The van der Waals surface area contributed by atoms with E-state index in [-0.39, 0.29) is 37.1 Å². The molecule has 0 saturated heterocycles. The maximum absolute atomic E-state index is 15.7. The summed E-state index contributed by atoms with van der Waals surface area (Å²) in [5, 5.41) is 4.00. The molecule has 5 nitrogen and oxygen atoms in total. The monoisotopic (exact) mass is 521 g/mol. The number of rotatable bonds is 12. The third-order valence-electron chi connectivity index (χ3n) is 6.84. The molecule has 0 fully saturated rings. The first-order chi connectivity index (χ1) is 17.8. The summed E-state index contributed by atoms with van der Waals surface area (Å²) in [6.07, 6.45) is 1.01. The van der Waals surface area contributed by atoms with Crippen LogP contribution in [0, 0.1) is 11.6 Å². The molecule has 1 aliphatic rings. The first kappa shape index (κ1) is 27.4. The van der Waals surface area contributed by atoms with E-state index < -0.39 is 30.0 Å². The normalized spacial score (nSPS) is 19.6. The quantitative estimate of drug-likeness (QED) is 0.245. The molecule has 37 heavy (non-hydrogen) atoms. The minimum atomic E-state index is -1.73. The minimum Gasteiger partial charge on any atom is -0.492 e. The number of ether oxygens (including phenoxy) is 2. The summed E-state index contributed by atoms with van der Waals surface area (Å²) in [6.45, 7) is 3.87. The molecule has 2 N–H and O–H groups in total. The summed E-state index contributed by atoms with van der Waals surface area (Å²) in [7, 11) is 1.43. The summed E-state index contributed by atoms with van der Waals surface area (Å²) >= 11 is 0. The maximum atomic E-state index is 15.7. The van der Waals surface area contributed by atoms with Gasteiger partial charge in [-0.15, -0.1) is 0 Å². The highest BCUT2D eigenvalue weighted by molar-refractivity contribution is 5.85. The van der Waals surface area contributed by atoms with Crippen LogP contribution in [-0.2, 0) is 11.2 Å². The Morgan fingerprint density at radius 1 is 1.16 bits per heavy atom. The van der Waals surface area contributed by atoms with Crippen molar-refractivity contribution in [3.63, 3.8) is 0 Å². The van der Waals surface area contributed by atoms with Gasteiger partial charge in [0.2, 0.25) is 0 Å². The van der Waals surface area contributed by atoms with Crippen LogP contribution >= 0.6 is 0 Å². The van der Waals surface area contributed by atoms with Gasteiger partial charge in [0.25, 0.3) is 0 Å². The van der Waals surface area contributed by atoms with Crippen molar-refractivity contribution in [3.05, 3.63) is 64.9 Å². The Balaban J connectivity index is 1.70. The second-order valence-electron chi connectivity index (χ2n) is 9.98. The van der Waals surface area contributed by atoms with Crippen LogP contribution in [0.3, 0.4) is 0 Å². The zero-order chi connectivity index (χ0) is 26.6. The lowest BCUT2D eigenvalue weighted by Crippen LogP contribution is -2.50. The molecule has 0 saturated carbocycles. The summed E-state index contributed by atoms with van der Waals surface area (Å²) in [6, 6.07) is 9.03. The Morgan fingerprint density at radius 2 is 1.89 bits per heavy atom. The lowest BCUT2D eigenvalue weighted by molar-refractivity contribution is 0.000844. The number of nitrogens with zero attached hydrogens (tertiary/aromatic N) is 1. The van der Waals surface area contributed by atoms with Gasteiger partial charge in [0, 0.05) is 60.5 Å². The number of benzene rings is 2. The Kier molecular flexibility index (Phi) is 8.77. The van der Waals surface area contributed by atoms with Crippen LogP contribution in [-0.4, -0.2) is 68.2 Å². The van der Waals surface area contributed by atoms with Gasteiger partial charge in [-0.05, 0) is 44.9 Å². The number of hydrogen-bond acceptors (Lipinski definition) is 4. The number of nitrogens with one attached hydrogen (secondary N) is 2. The van der Waals surface area contributed by atoms with E-state index in [2.05, 4.69) is 10.3 Å². The van der Waals surface area contributed by atoms with E-state index in [1.54, 1.807) is 0 Å². The predicted molar refractivity (Wildman–Crippen MR) is 137 cm³/mol. The first-order valence-corrected chi connectivity index (χ1v) is 12.7. The van der Waals surface area contributed by atoms with Crippen LogP contribution in [0.25, 0.3) is 10.9 Å². The lowest BCUT2D eigenvalue weighted by Gasteiger charge is -2.43. The molecule has 4 rings (SSSR count). The second-order valence-corrected chi connectivity index (χ2v) is 9.98. The molecule has 2 unspecified atom stereocenters. The van der Waals surface area contributed by atoms with Gasteiger partial charge in [-0.1, -0.05) is 18.2 Å². The van der Waals surface area contributed by atoms with Crippen molar-refractivity contribution < 1.29 is 27.0 Å². The number of methoxy groups -OCH3 is 1. The molecule has 202 valence electrons. The number of alkyl halides is 2. The third kappa shape index (κ3) is 6.10. The van der Waals surface area contributed by atoms with Crippen molar-refractivity contribution in [2.24, 2.45) is 0 Å². The summed E-state index contributed by atoms with van der Waals surface area (Å²) < 4.78 is 69.6. The van der Waals surface area contributed by atoms with Crippen LogP contribution in [0.5, 0.6) is 5.75 Å². The molecule has 1 aliphatic heterocycles. The molecule has 2 heterocycles. The van der Waals surface area contributed by atoms with E-state index in [0.717, 1.165) is 16.5 Å². The molecule has 0 aliphatic carbocycles. The fraction of sp³-hybridized carbons (Fsp3) is 0.500. The van der Waals surface area contributed by atoms with Crippen molar-refractivity contribution in [3.8, 4) is 5.75 Å². The third-order valence-corrected chi connectivity index (χ3v) is 6.84. The maximum Gasteiger partial charge on any atom is 0.144 e. The van der Waals surface area contributed by atoms with Crippen molar-refractivity contribution in [1.82, 2.24) is 15.2 Å². The molecule has 3 aromatic rings. The Morgan fingerprint density at radius 3 is 2.59 bits per heavy atom. The van der Waals surface area contributed by atoms with E-state index in [0.29, 0.717) is 31.6 Å². The van der Waals surface area contributed by atoms with E-state index in [1.807, 2.05) is 36.1 Å². The zero-order valence-corrected chi connectivity index (χ0v) is 21.6. The molecule has 2 aromatic carbocycles. The van der Waals surface area contributed by atoms with E-state index in [1.165, 1.54) is 26.2 Å². The summed E-state index contributed by atoms with van der Waals surface area (Å²) in [5.41, 5.74) is 0.635. The van der Waals surface area contributed by atoms with Crippen molar-refractivity contribution in [2.45, 2.75) is 44.4 Å². The Labute approximate surface area is 215 Å². The average molecular weight is 522 g/mol. The summed E-state index contributed by atoms with van der Waals surface area (Å²) in [4.78, 5) is 5.18. The van der Waals surface area contributed by atoms with E-state index in [4.69, 9.17) is 9.47 Å². The number of aromatic amines is 1. The number of para-hydroxylation sites is 1. The Hall–Kier alpha value is -2.62. The van der Waals surface area contributed by atoms with Crippen molar-refractivity contribution >= 4 is 10.9 Å². The smallest absolute Gasteiger partial charge is 0.144 e. The standard InChI is InChI=1S/C28H35F4N3O2/c1-18-13-21-20-7-4-5-8-24(20)34-26(21)27(35(18)16-28(2,32)17-36-3)25-22(30)14-19(15-23(25)31)37-12-11-33-10-6-9-29/h4-5,7-8,14-15,18,27,33-34H,6,9-13,16-17H2,1-3H3/t18-,27?,28?/m1/s1. The molecule has 0 amide bonds. The van der Waals surface area contributed by atoms with Gasteiger partial charge >= 0.3 is 0 Å². The van der Waals surface area contributed by atoms with Crippen LogP contribution in [0.4, 0.5) is 17.6 Å². The molecule has 0 radical (unpaired) electrons. The van der Waals surface area contributed by atoms with Gasteiger partial charge in [-0.2, -0.15) is 0 Å². The molecule has 9 heteroatoms. The van der Waals surface area contributed by atoms with Gasteiger partial charge in [0.1, 0.15) is 29.7 Å². The predicted octanol–water partition coefficient (Wildman–Crippen LogP) is 5.48. The van der Waals surface area contributed by atoms with Gasteiger partial charge in [-0.3, -0.25) is 9.29 Å². The molecule has 1 aromatic heterocycles. The molecular weight excluding hydrogens is 486 g/mol. The van der Waals surface area contributed by atoms with Gasteiger partial charge in [-0.25, -0.2) is 13.2 Å². The number of hydrogen-bond donors (Lipinski definition) is 2. The lowest BCUT2D eigenvalue weighted by atomic mass is 9.87. The Bertz CT molecular complexity index is 1180. The van der Waals surface area contributed by atoms with Gasteiger partial charge in [0.15, 0.2) is 0 Å². The minimum absolute atomic E-state index is 0.0630. The number of H-pyrrole nitrogens is 1. The topological polar surface area (TPSA) is 49.5 Å². The largest absolute Gasteiger partial charge is 0.492 e. The fourth-order valence-corrected chi connectivity index (χ4v) is 5.26. The number of aromatic nitrogens is 1. The summed E-state index contributed by atoms with van der Waals surface area (Å²) in [5.74, 6) is -1.46. The number of fused-ring (bicyclic) bond motifs is 3. The van der Waals surface area contributed by atoms with Crippen LogP contribution in [0.1, 0.15) is 43.1 Å². The van der Waals surface area contributed by atoms with Crippen LogP contribution < -0.4 is 10.1 Å². The highest BCUT2D eigenvalue weighted by Gasteiger charge is 2.42. The van der Waals surface area contributed by atoms with Crippen LogP contribution in [0.15, 0.2) is 36.4 Å². The van der Waals surface area contributed by atoms with E-state index in [9.17, 15) is 4.39 Å². The average Bonchev–Trinajstić information content (AvgIpc) is 3.20. The van der Waals surface area contributed by atoms with Crippen molar-refractivity contribution in [2.75, 3.05) is 46.6 Å². The zero-order valence-electron chi connectivity index (χ0n) is 21.6. The highest BCUT2D eigenvalue weighted by Crippen LogP contribution is 2.43. The molecular formula is C28H35F4N3O2. The van der Waals surface area contributed by atoms with Gasteiger partial charge in [0.05, 0.1) is 19.3 Å².